The molecule has 3 N–H and O–H groups in total. The Bertz CT molecular complexity index is 483. The summed E-state index contributed by atoms with van der Waals surface area (Å²) in [4.78, 5) is 2.71. The maximum atomic E-state index is 8.97. The predicted molar refractivity (Wildman–Crippen MR) is 75.7 cm³/mol. The molecule has 1 aromatic heterocycles. The lowest BCUT2D eigenvalue weighted by atomic mass is 10.3. The van der Waals surface area contributed by atoms with Gasteiger partial charge in [0.2, 0.25) is 0 Å². The van der Waals surface area contributed by atoms with Crippen molar-refractivity contribution < 1.29 is 9.47 Å². The molecule has 2 heterocycles. The van der Waals surface area contributed by atoms with E-state index in [4.69, 9.17) is 20.5 Å². The Morgan fingerprint density at radius 1 is 1.68 bits per heavy atom. The second kappa shape index (κ2) is 6.10. The predicted octanol–water partition coefficient (Wildman–Crippen LogP) is 0.953. The second-order valence-corrected chi connectivity index (χ2v) is 5.48. The van der Waals surface area contributed by atoms with Gasteiger partial charge in [0, 0.05) is 19.6 Å². The molecule has 1 unspecified atom stereocenters. The molecule has 1 aliphatic heterocycles. The Labute approximate surface area is 116 Å². The van der Waals surface area contributed by atoms with Crippen molar-refractivity contribution in [2.24, 2.45) is 0 Å². The molecule has 0 bridgehead atoms. The summed E-state index contributed by atoms with van der Waals surface area (Å²) in [5, 5.41) is 13.0. The summed E-state index contributed by atoms with van der Waals surface area (Å²) >= 11 is 1.31. The topological polar surface area (TPSA) is 83.5 Å². The first kappa shape index (κ1) is 13.9. The van der Waals surface area contributed by atoms with Crippen LogP contribution < -0.4 is 15.8 Å². The van der Waals surface area contributed by atoms with Gasteiger partial charge in [-0.05, 0) is 7.05 Å². The molecule has 0 aliphatic carbocycles. The van der Waals surface area contributed by atoms with Crippen LogP contribution in [0.2, 0.25) is 0 Å². The smallest absolute Gasteiger partial charge is 0.177 e. The maximum absolute atomic E-state index is 8.97. The van der Waals surface area contributed by atoms with Crippen molar-refractivity contribution in [3.05, 3.63) is 4.88 Å². The van der Waals surface area contributed by atoms with Crippen LogP contribution in [0.5, 0.6) is 5.75 Å². The fraction of sp³-hybridized carbons (Fsp3) is 0.583. The first-order chi connectivity index (χ1) is 9.15. The Kier molecular flexibility index (Phi) is 4.47. The number of thiophene rings is 1. The lowest BCUT2D eigenvalue weighted by molar-refractivity contribution is -0.0117. The summed E-state index contributed by atoms with van der Waals surface area (Å²) in [5.74, 6) is 0.547. The highest BCUT2D eigenvalue weighted by Gasteiger charge is 2.20. The molecule has 0 spiro atoms. The van der Waals surface area contributed by atoms with Gasteiger partial charge in [-0.1, -0.05) is 0 Å². The number of anilines is 2. The zero-order valence-corrected chi connectivity index (χ0v) is 11.9. The molecule has 1 aliphatic rings. The molecule has 1 saturated heterocycles. The number of morpholine rings is 1. The zero-order valence-electron chi connectivity index (χ0n) is 11.1. The van der Waals surface area contributed by atoms with Gasteiger partial charge in [0.1, 0.15) is 21.6 Å². The number of methoxy groups -OCH3 is 1. The van der Waals surface area contributed by atoms with Crippen LogP contribution >= 0.6 is 11.3 Å². The molecule has 0 radical (unpaired) electrons. The molecular formula is C12H18N4O2S. The number of nitriles is 1. The lowest BCUT2D eigenvalue weighted by Crippen LogP contribution is -2.43. The quantitative estimate of drug-likeness (QED) is 0.855. The van der Waals surface area contributed by atoms with Crippen molar-refractivity contribution in [1.29, 1.82) is 5.26 Å². The summed E-state index contributed by atoms with van der Waals surface area (Å²) in [5.41, 5.74) is 6.24. The van der Waals surface area contributed by atoms with Gasteiger partial charge in [0.05, 0.1) is 19.8 Å². The summed E-state index contributed by atoms with van der Waals surface area (Å²) in [6, 6.07) is 2.07. The van der Waals surface area contributed by atoms with Crippen molar-refractivity contribution in [3.63, 3.8) is 0 Å². The van der Waals surface area contributed by atoms with E-state index in [9.17, 15) is 0 Å². The van der Waals surface area contributed by atoms with Gasteiger partial charge in [-0.3, -0.25) is 0 Å². The zero-order chi connectivity index (χ0) is 13.8. The highest BCUT2D eigenvalue weighted by Crippen LogP contribution is 2.41. The van der Waals surface area contributed by atoms with Crippen molar-refractivity contribution in [3.8, 4) is 11.8 Å². The van der Waals surface area contributed by atoms with E-state index in [-0.39, 0.29) is 6.10 Å². The van der Waals surface area contributed by atoms with Crippen LogP contribution in [0.15, 0.2) is 0 Å². The van der Waals surface area contributed by atoms with Crippen molar-refractivity contribution in [2.45, 2.75) is 6.10 Å². The number of hydrogen-bond acceptors (Lipinski definition) is 7. The van der Waals surface area contributed by atoms with E-state index in [1.165, 1.54) is 11.3 Å². The SMILES string of the molecule is COc1c(NCC2CN(C)CCO2)sc(C#N)c1N. The first-order valence-corrected chi connectivity index (χ1v) is 6.87. The molecule has 104 valence electrons. The van der Waals surface area contributed by atoms with Crippen LogP contribution in [0.1, 0.15) is 4.88 Å². The molecule has 1 fully saturated rings. The number of likely N-dealkylation sites (N-methyl/N-ethyl adjacent to an activating group) is 1. The largest absolute Gasteiger partial charge is 0.492 e. The minimum absolute atomic E-state index is 0.136. The average Bonchev–Trinajstić information content (AvgIpc) is 2.72. The third-order valence-corrected chi connectivity index (χ3v) is 4.09. The highest BCUT2D eigenvalue weighted by atomic mass is 32.1. The number of nitrogen functional groups attached to an aromatic ring is 1. The van der Waals surface area contributed by atoms with E-state index in [2.05, 4.69) is 23.3 Å². The molecule has 6 nitrogen and oxygen atoms in total. The fourth-order valence-corrected chi connectivity index (χ4v) is 2.92. The number of hydrogen-bond donors (Lipinski definition) is 2. The Morgan fingerprint density at radius 2 is 2.47 bits per heavy atom. The summed E-state index contributed by atoms with van der Waals surface area (Å²) in [6.45, 7) is 3.27. The van der Waals surface area contributed by atoms with Crippen molar-refractivity contribution >= 4 is 22.0 Å². The van der Waals surface area contributed by atoms with E-state index in [1.54, 1.807) is 7.11 Å². The molecule has 0 amide bonds. The van der Waals surface area contributed by atoms with Crippen molar-refractivity contribution in [2.75, 3.05) is 51.4 Å². The Hall–Kier alpha value is -1.49. The minimum Gasteiger partial charge on any atom is -0.492 e. The number of nitrogens with two attached hydrogens (primary N) is 1. The Morgan fingerprint density at radius 3 is 3.11 bits per heavy atom. The summed E-state index contributed by atoms with van der Waals surface area (Å²) in [7, 11) is 3.63. The maximum Gasteiger partial charge on any atom is 0.177 e. The van der Waals surface area contributed by atoms with E-state index in [1.807, 2.05) is 0 Å². The van der Waals surface area contributed by atoms with Gasteiger partial charge in [-0.15, -0.1) is 11.3 Å². The van der Waals surface area contributed by atoms with Gasteiger partial charge in [0.15, 0.2) is 5.75 Å². The molecule has 2 rings (SSSR count). The van der Waals surface area contributed by atoms with E-state index in [0.29, 0.717) is 22.9 Å². The summed E-state index contributed by atoms with van der Waals surface area (Å²) in [6.07, 6.45) is 0.136. The average molecular weight is 282 g/mol. The fourth-order valence-electron chi connectivity index (χ4n) is 2.03. The normalized spacial score (nSPS) is 19.9. The first-order valence-electron chi connectivity index (χ1n) is 6.06. The molecule has 7 heteroatoms. The molecule has 1 aromatic rings. The molecule has 0 saturated carbocycles. The van der Waals surface area contributed by atoms with Crippen molar-refractivity contribution in [1.82, 2.24) is 4.90 Å². The molecule has 1 atom stereocenters. The standard InChI is InChI=1S/C12H18N4O2S/c1-16-3-4-18-8(7-16)6-15-12-11(17-2)10(14)9(5-13)19-12/h8,15H,3-4,6-7,14H2,1-2H3. The minimum atomic E-state index is 0.136. The van der Waals surface area contributed by atoms with Crippen LogP contribution in [0.25, 0.3) is 0 Å². The van der Waals surface area contributed by atoms with Crippen LogP contribution in [-0.2, 0) is 4.74 Å². The van der Waals surface area contributed by atoms with Crippen LogP contribution in [-0.4, -0.2) is 51.4 Å². The molecule has 19 heavy (non-hydrogen) atoms. The number of nitrogens with one attached hydrogen (secondary N) is 1. The summed E-state index contributed by atoms with van der Waals surface area (Å²) < 4.78 is 10.9. The van der Waals surface area contributed by atoms with E-state index >= 15 is 0 Å². The third kappa shape index (κ3) is 3.10. The van der Waals surface area contributed by atoms with Gasteiger partial charge < -0.3 is 25.4 Å². The Balaban J connectivity index is 2.01. The van der Waals surface area contributed by atoms with E-state index in [0.717, 1.165) is 24.7 Å². The second-order valence-electron chi connectivity index (χ2n) is 4.45. The number of nitrogens with zero attached hydrogens (tertiary/aromatic N) is 2. The molecular weight excluding hydrogens is 264 g/mol. The number of rotatable bonds is 4. The monoisotopic (exact) mass is 282 g/mol. The van der Waals surface area contributed by atoms with E-state index < -0.39 is 0 Å². The van der Waals surface area contributed by atoms with Gasteiger partial charge in [-0.25, -0.2) is 0 Å². The van der Waals surface area contributed by atoms with Gasteiger partial charge >= 0.3 is 0 Å². The van der Waals surface area contributed by atoms with Crippen LogP contribution in [0.3, 0.4) is 0 Å². The highest BCUT2D eigenvalue weighted by molar-refractivity contribution is 7.17. The van der Waals surface area contributed by atoms with Crippen LogP contribution in [0.4, 0.5) is 10.7 Å². The van der Waals surface area contributed by atoms with Gasteiger partial charge in [-0.2, -0.15) is 5.26 Å². The lowest BCUT2D eigenvalue weighted by Gasteiger charge is -2.30. The third-order valence-electron chi connectivity index (χ3n) is 3.04. The molecule has 0 aromatic carbocycles. The van der Waals surface area contributed by atoms with Crippen LogP contribution in [0, 0.1) is 11.3 Å². The number of ether oxygens (including phenoxy) is 2. The van der Waals surface area contributed by atoms with Gasteiger partial charge in [0.25, 0.3) is 0 Å².